The van der Waals surface area contributed by atoms with Crippen LogP contribution in [0.25, 0.3) is 0 Å². The van der Waals surface area contributed by atoms with E-state index in [2.05, 4.69) is 5.32 Å². The van der Waals surface area contributed by atoms with Crippen LogP contribution in [0.15, 0.2) is 36.5 Å². The Bertz CT molecular complexity index is 812. The van der Waals surface area contributed by atoms with Crippen molar-refractivity contribution in [2.45, 2.75) is 6.92 Å². The average molecular weight is 360 g/mol. The molecule has 0 saturated carbocycles. The first-order chi connectivity index (χ1) is 12.5. The summed E-state index contributed by atoms with van der Waals surface area (Å²) in [5.74, 6) is -1.13. The molecule has 0 aliphatic rings. The van der Waals surface area contributed by atoms with Crippen molar-refractivity contribution in [2.75, 3.05) is 20.3 Å². The van der Waals surface area contributed by atoms with Gasteiger partial charge in [0, 0.05) is 13.2 Å². The van der Waals surface area contributed by atoms with Gasteiger partial charge in [0.05, 0.1) is 19.3 Å². The highest BCUT2D eigenvalue weighted by molar-refractivity contribution is 6.04. The Labute approximate surface area is 150 Å². The van der Waals surface area contributed by atoms with Crippen LogP contribution in [0.1, 0.15) is 27.8 Å². The number of hydrogen-bond donors (Lipinski definition) is 1. The molecule has 0 aliphatic heterocycles. The average Bonchev–Trinajstić information content (AvgIpc) is 3.06. The number of aromatic nitrogens is 1. The van der Waals surface area contributed by atoms with E-state index >= 15 is 0 Å². The number of rotatable bonds is 7. The number of methoxy groups -OCH3 is 1. The van der Waals surface area contributed by atoms with Gasteiger partial charge in [-0.1, -0.05) is 0 Å². The Morgan fingerprint density at radius 2 is 1.92 bits per heavy atom. The van der Waals surface area contributed by atoms with Crippen LogP contribution < -0.4 is 14.8 Å². The van der Waals surface area contributed by atoms with Crippen molar-refractivity contribution in [1.82, 2.24) is 9.88 Å². The van der Waals surface area contributed by atoms with Gasteiger partial charge in [-0.2, -0.15) is 0 Å². The summed E-state index contributed by atoms with van der Waals surface area (Å²) in [5.41, 5.74) is 0.521. The molecule has 0 aliphatic carbocycles. The van der Waals surface area contributed by atoms with Crippen molar-refractivity contribution in [3.8, 4) is 11.5 Å². The molecule has 8 heteroatoms. The largest absolute Gasteiger partial charge is 0.493 e. The third-order valence-corrected chi connectivity index (χ3v) is 3.46. The van der Waals surface area contributed by atoms with Gasteiger partial charge in [-0.05, 0) is 37.3 Å². The van der Waals surface area contributed by atoms with Gasteiger partial charge < -0.3 is 18.8 Å². The number of ether oxygens (including phenoxy) is 3. The monoisotopic (exact) mass is 360 g/mol. The van der Waals surface area contributed by atoms with Gasteiger partial charge in [0.1, 0.15) is 5.69 Å². The van der Waals surface area contributed by atoms with E-state index in [-0.39, 0.29) is 5.56 Å². The zero-order valence-corrected chi connectivity index (χ0v) is 14.8. The normalized spacial score (nSPS) is 10.1. The smallest absolute Gasteiger partial charge is 0.338 e. The minimum absolute atomic E-state index is 0.201. The van der Waals surface area contributed by atoms with E-state index in [1.807, 2.05) is 6.92 Å². The molecule has 0 atom stereocenters. The lowest BCUT2D eigenvalue weighted by Gasteiger charge is -2.11. The molecule has 1 heterocycles. The molecule has 2 aromatic rings. The van der Waals surface area contributed by atoms with Crippen LogP contribution in [0, 0.1) is 0 Å². The number of nitrogens with one attached hydrogen (secondary N) is 1. The Morgan fingerprint density at radius 3 is 2.54 bits per heavy atom. The number of aryl methyl sites for hydroxylation is 1. The lowest BCUT2D eigenvalue weighted by atomic mass is 10.2. The van der Waals surface area contributed by atoms with Crippen molar-refractivity contribution >= 4 is 17.8 Å². The second kappa shape index (κ2) is 8.70. The Hall–Kier alpha value is -3.29. The summed E-state index contributed by atoms with van der Waals surface area (Å²) in [6, 6.07) is 7.79. The summed E-state index contributed by atoms with van der Waals surface area (Å²) in [7, 11) is 3.13. The van der Waals surface area contributed by atoms with Gasteiger partial charge in [0.2, 0.25) is 0 Å². The molecule has 26 heavy (non-hydrogen) atoms. The van der Waals surface area contributed by atoms with E-state index in [1.165, 1.54) is 19.2 Å². The van der Waals surface area contributed by atoms with E-state index in [9.17, 15) is 14.4 Å². The molecule has 1 aromatic carbocycles. The molecule has 2 rings (SSSR count). The highest BCUT2D eigenvalue weighted by Gasteiger charge is 2.16. The molecule has 2 amide bonds. The predicted molar refractivity (Wildman–Crippen MR) is 92.3 cm³/mol. The van der Waals surface area contributed by atoms with Crippen molar-refractivity contribution < 1.29 is 28.6 Å². The predicted octanol–water partition coefficient (Wildman–Crippen LogP) is 1.55. The fraction of sp³-hybridized carbons (Fsp3) is 0.278. The number of carbonyl (C=O) groups is 3. The second-order valence-electron chi connectivity index (χ2n) is 5.26. The number of carbonyl (C=O) groups excluding carboxylic acids is 3. The number of esters is 1. The van der Waals surface area contributed by atoms with Gasteiger partial charge in [0.15, 0.2) is 18.1 Å². The molecule has 1 N–H and O–H groups in total. The Kier molecular flexibility index (Phi) is 6.37. The summed E-state index contributed by atoms with van der Waals surface area (Å²) >= 11 is 0. The highest BCUT2D eigenvalue weighted by Crippen LogP contribution is 2.28. The van der Waals surface area contributed by atoms with Gasteiger partial charge in [0.25, 0.3) is 11.8 Å². The third kappa shape index (κ3) is 4.62. The van der Waals surface area contributed by atoms with Gasteiger partial charge in [-0.15, -0.1) is 0 Å². The van der Waals surface area contributed by atoms with Crippen LogP contribution in [0.3, 0.4) is 0 Å². The maximum atomic E-state index is 12.1. The van der Waals surface area contributed by atoms with Crippen LogP contribution in [0.5, 0.6) is 11.5 Å². The second-order valence-corrected chi connectivity index (χ2v) is 5.26. The molecular weight excluding hydrogens is 340 g/mol. The van der Waals surface area contributed by atoms with Crippen LogP contribution in [-0.4, -0.2) is 42.7 Å². The summed E-state index contributed by atoms with van der Waals surface area (Å²) < 4.78 is 17.0. The molecule has 1 aromatic heterocycles. The molecular formula is C18H20N2O6. The van der Waals surface area contributed by atoms with E-state index in [0.29, 0.717) is 23.8 Å². The molecule has 0 unspecified atom stereocenters. The van der Waals surface area contributed by atoms with Crippen molar-refractivity contribution in [1.29, 1.82) is 0 Å². The molecule has 0 fully saturated rings. The minimum atomic E-state index is -0.720. The van der Waals surface area contributed by atoms with Crippen LogP contribution >= 0.6 is 0 Å². The quantitative estimate of drug-likeness (QED) is 0.753. The van der Waals surface area contributed by atoms with E-state index in [4.69, 9.17) is 14.2 Å². The molecule has 0 saturated heterocycles. The zero-order valence-electron chi connectivity index (χ0n) is 14.8. The fourth-order valence-electron chi connectivity index (χ4n) is 2.21. The summed E-state index contributed by atoms with van der Waals surface area (Å²) in [5, 5.41) is 2.16. The van der Waals surface area contributed by atoms with E-state index in [1.54, 1.807) is 36.0 Å². The molecule has 0 radical (unpaired) electrons. The lowest BCUT2D eigenvalue weighted by Crippen LogP contribution is -2.35. The number of hydrogen-bond acceptors (Lipinski definition) is 6. The lowest BCUT2D eigenvalue weighted by molar-refractivity contribution is -0.123. The van der Waals surface area contributed by atoms with Crippen molar-refractivity contribution in [2.24, 2.45) is 7.05 Å². The van der Waals surface area contributed by atoms with Crippen LogP contribution in [-0.2, 0) is 16.6 Å². The molecule has 0 bridgehead atoms. The zero-order chi connectivity index (χ0) is 19.1. The van der Waals surface area contributed by atoms with E-state index < -0.39 is 24.4 Å². The summed E-state index contributed by atoms with van der Waals surface area (Å²) in [6.07, 6.45) is 1.68. The first kappa shape index (κ1) is 19.0. The van der Waals surface area contributed by atoms with Gasteiger partial charge >= 0.3 is 5.97 Å². The van der Waals surface area contributed by atoms with Crippen LogP contribution in [0.2, 0.25) is 0 Å². The van der Waals surface area contributed by atoms with Crippen molar-refractivity contribution in [3.63, 3.8) is 0 Å². The number of benzene rings is 1. The minimum Gasteiger partial charge on any atom is -0.493 e. The summed E-state index contributed by atoms with van der Waals surface area (Å²) in [4.78, 5) is 35.8. The number of imide groups is 1. The molecule has 8 nitrogen and oxygen atoms in total. The van der Waals surface area contributed by atoms with Crippen LogP contribution in [0.4, 0.5) is 0 Å². The topological polar surface area (TPSA) is 95.9 Å². The summed E-state index contributed by atoms with van der Waals surface area (Å²) in [6.45, 7) is 1.71. The SMILES string of the molecule is CCOc1ccc(C(=O)OCC(=O)NC(=O)c2cccn2C)cc1OC. The Morgan fingerprint density at radius 1 is 1.15 bits per heavy atom. The first-order valence-corrected chi connectivity index (χ1v) is 7.89. The van der Waals surface area contributed by atoms with Gasteiger partial charge in [-0.3, -0.25) is 14.9 Å². The van der Waals surface area contributed by atoms with Crippen molar-refractivity contribution in [3.05, 3.63) is 47.8 Å². The number of nitrogens with zero attached hydrogens (tertiary/aromatic N) is 1. The first-order valence-electron chi connectivity index (χ1n) is 7.89. The maximum absolute atomic E-state index is 12.1. The Balaban J connectivity index is 1.92. The van der Waals surface area contributed by atoms with E-state index in [0.717, 1.165) is 0 Å². The molecule has 138 valence electrons. The number of amides is 2. The maximum Gasteiger partial charge on any atom is 0.338 e. The third-order valence-electron chi connectivity index (χ3n) is 3.46. The van der Waals surface area contributed by atoms with Gasteiger partial charge in [-0.25, -0.2) is 4.79 Å². The molecule has 0 spiro atoms. The fourth-order valence-corrected chi connectivity index (χ4v) is 2.21. The highest BCUT2D eigenvalue weighted by atomic mass is 16.5. The standard InChI is InChI=1S/C18H20N2O6/c1-4-25-14-8-7-12(10-15(14)24-3)18(23)26-11-16(21)19-17(22)13-6-5-9-20(13)2/h5-10H,4,11H2,1-3H3,(H,19,21,22).